The fraction of sp³-hybridized carbons (Fsp3) is 0.214. The maximum Gasteiger partial charge on any atom is 0.129 e. The van der Waals surface area contributed by atoms with E-state index in [2.05, 4.69) is 10.3 Å². The highest BCUT2D eigenvalue weighted by Crippen LogP contribution is 2.27. The number of hydrogen-bond donors (Lipinski definition) is 1. The zero-order valence-corrected chi connectivity index (χ0v) is 12.1. The van der Waals surface area contributed by atoms with Crippen molar-refractivity contribution in [2.75, 3.05) is 5.32 Å². The Bertz CT molecular complexity index is 602. The first-order chi connectivity index (χ1) is 8.97. The first kappa shape index (κ1) is 14.1. The van der Waals surface area contributed by atoms with Crippen molar-refractivity contribution in [2.45, 2.75) is 19.9 Å². The lowest BCUT2D eigenvalue weighted by atomic mass is 10.1. The summed E-state index contributed by atoms with van der Waals surface area (Å²) in [5.74, 6) is -0.342. The molecule has 2 rings (SSSR count). The molecule has 1 heterocycles. The Hall–Kier alpha value is -1.32. The lowest BCUT2D eigenvalue weighted by molar-refractivity contribution is 0.626. The van der Waals surface area contributed by atoms with Crippen molar-refractivity contribution >= 4 is 28.9 Å². The molecule has 100 valence electrons. The van der Waals surface area contributed by atoms with Crippen LogP contribution in [0.15, 0.2) is 30.3 Å². The molecule has 0 aliphatic carbocycles. The molecule has 0 saturated carbocycles. The van der Waals surface area contributed by atoms with Gasteiger partial charge in [0.15, 0.2) is 0 Å². The van der Waals surface area contributed by atoms with Crippen LogP contribution in [-0.4, -0.2) is 4.98 Å². The normalized spacial score (nSPS) is 12.3. The number of aromatic nitrogens is 1. The molecule has 2 nitrogen and oxygen atoms in total. The first-order valence-electron chi connectivity index (χ1n) is 5.82. The molecule has 1 unspecified atom stereocenters. The second-order valence-corrected chi connectivity index (χ2v) is 5.09. The van der Waals surface area contributed by atoms with Crippen molar-refractivity contribution in [3.63, 3.8) is 0 Å². The molecule has 0 amide bonds. The highest BCUT2D eigenvalue weighted by atomic mass is 35.5. The number of halogens is 3. The van der Waals surface area contributed by atoms with Crippen LogP contribution in [0, 0.1) is 12.7 Å². The van der Waals surface area contributed by atoms with Crippen LogP contribution in [-0.2, 0) is 0 Å². The summed E-state index contributed by atoms with van der Waals surface area (Å²) in [4.78, 5) is 4.17. The van der Waals surface area contributed by atoms with E-state index in [0.717, 1.165) is 16.9 Å². The molecule has 0 saturated heterocycles. The molecular weight excluding hydrogens is 286 g/mol. The van der Waals surface area contributed by atoms with Crippen LogP contribution in [0.3, 0.4) is 0 Å². The maximum absolute atomic E-state index is 13.0. The average Bonchev–Trinajstić information content (AvgIpc) is 2.32. The molecule has 1 N–H and O–H groups in total. The van der Waals surface area contributed by atoms with Crippen LogP contribution < -0.4 is 5.32 Å². The topological polar surface area (TPSA) is 24.9 Å². The van der Waals surface area contributed by atoms with Crippen LogP contribution in [0.25, 0.3) is 0 Å². The summed E-state index contributed by atoms with van der Waals surface area (Å²) in [5, 5.41) is 4.14. The molecule has 2 aromatic rings. The third-order valence-electron chi connectivity index (χ3n) is 2.85. The second-order valence-electron chi connectivity index (χ2n) is 4.30. The van der Waals surface area contributed by atoms with Crippen molar-refractivity contribution in [3.05, 3.63) is 57.6 Å². The van der Waals surface area contributed by atoms with E-state index in [-0.39, 0.29) is 11.9 Å². The van der Waals surface area contributed by atoms with E-state index in [9.17, 15) is 4.39 Å². The van der Waals surface area contributed by atoms with Gasteiger partial charge < -0.3 is 5.32 Å². The lowest BCUT2D eigenvalue weighted by Gasteiger charge is -2.18. The van der Waals surface area contributed by atoms with E-state index < -0.39 is 0 Å². The van der Waals surface area contributed by atoms with Gasteiger partial charge in [-0.3, -0.25) is 0 Å². The smallest absolute Gasteiger partial charge is 0.129 e. The molecule has 0 bridgehead atoms. The van der Waals surface area contributed by atoms with Gasteiger partial charge in [0.05, 0.1) is 17.4 Å². The Balaban J connectivity index is 2.23. The molecule has 5 heteroatoms. The van der Waals surface area contributed by atoms with Crippen LogP contribution in [0.1, 0.15) is 24.2 Å². The molecule has 0 aliphatic rings. The quantitative estimate of drug-likeness (QED) is 0.806. The number of aryl methyl sites for hydroxylation is 1. The highest BCUT2D eigenvalue weighted by molar-refractivity contribution is 6.31. The van der Waals surface area contributed by atoms with E-state index >= 15 is 0 Å². The van der Waals surface area contributed by atoms with Crippen LogP contribution in [0.2, 0.25) is 10.2 Å². The predicted octanol–water partition coefficient (Wildman–Crippen LogP) is 5.01. The van der Waals surface area contributed by atoms with Crippen LogP contribution in [0.4, 0.5) is 10.1 Å². The summed E-state index contributed by atoms with van der Waals surface area (Å²) in [6.45, 7) is 3.82. The number of nitrogens with zero attached hydrogens (tertiary/aromatic N) is 1. The zero-order chi connectivity index (χ0) is 14.0. The molecular formula is C14H13Cl2FN2. The van der Waals surface area contributed by atoms with Gasteiger partial charge in [-0.25, -0.2) is 9.37 Å². The number of benzene rings is 1. The van der Waals surface area contributed by atoms with Gasteiger partial charge in [0.1, 0.15) is 11.0 Å². The van der Waals surface area contributed by atoms with Crippen LogP contribution >= 0.6 is 23.2 Å². The van der Waals surface area contributed by atoms with Crippen molar-refractivity contribution < 1.29 is 4.39 Å². The first-order valence-corrected chi connectivity index (χ1v) is 6.57. The number of nitrogens with one attached hydrogen (secondary N) is 1. The average molecular weight is 299 g/mol. The summed E-state index contributed by atoms with van der Waals surface area (Å²) in [6, 6.07) is 7.89. The van der Waals surface area contributed by atoms with Crippen molar-refractivity contribution in [3.8, 4) is 0 Å². The largest absolute Gasteiger partial charge is 0.377 e. The van der Waals surface area contributed by atoms with Crippen LogP contribution in [0.5, 0.6) is 0 Å². The van der Waals surface area contributed by atoms with Crippen molar-refractivity contribution in [2.24, 2.45) is 0 Å². The monoisotopic (exact) mass is 298 g/mol. The van der Waals surface area contributed by atoms with E-state index in [1.165, 1.54) is 12.1 Å². The molecule has 0 aliphatic heterocycles. The number of rotatable bonds is 3. The number of anilines is 1. The van der Waals surface area contributed by atoms with Crippen molar-refractivity contribution in [1.29, 1.82) is 0 Å². The summed E-state index contributed by atoms with van der Waals surface area (Å²) in [6.07, 6.45) is 0. The molecule has 1 atom stereocenters. The predicted molar refractivity (Wildman–Crippen MR) is 77.4 cm³/mol. The summed E-state index contributed by atoms with van der Waals surface area (Å²) >= 11 is 11.9. The van der Waals surface area contributed by atoms with Gasteiger partial charge in [-0.05, 0) is 43.7 Å². The minimum atomic E-state index is -0.342. The van der Waals surface area contributed by atoms with Gasteiger partial charge in [-0.2, -0.15) is 0 Å². The zero-order valence-electron chi connectivity index (χ0n) is 10.5. The minimum absolute atomic E-state index is 0.0604. The summed E-state index contributed by atoms with van der Waals surface area (Å²) in [7, 11) is 0. The molecule has 1 aromatic heterocycles. The Morgan fingerprint density at radius 3 is 2.58 bits per heavy atom. The van der Waals surface area contributed by atoms with E-state index in [1.54, 1.807) is 12.1 Å². The molecule has 1 aromatic carbocycles. The molecule has 0 radical (unpaired) electrons. The highest BCUT2D eigenvalue weighted by Gasteiger charge is 2.11. The Morgan fingerprint density at radius 1 is 1.21 bits per heavy atom. The van der Waals surface area contributed by atoms with E-state index in [1.807, 2.05) is 19.9 Å². The summed E-state index contributed by atoms with van der Waals surface area (Å²) in [5.41, 5.74) is 2.51. The number of hydrogen-bond acceptors (Lipinski definition) is 2. The fourth-order valence-electron chi connectivity index (χ4n) is 1.85. The molecule has 19 heavy (non-hydrogen) atoms. The summed E-state index contributed by atoms with van der Waals surface area (Å²) < 4.78 is 13.0. The van der Waals surface area contributed by atoms with Crippen molar-refractivity contribution in [1.82, 2.24) is 4.98 Å². The van der Waals surface area contributed by atoms with E-state index in [0.29, 0.717) is 10.2 Å². The second kappa shape index (κ2) is 5.76. The number of pyridine rings is 1. The molecule has 0 spiro atoms. The maximum atomic E-state index is 13.0. The van der Waals surface area contributed by atoms with E-state index in [4.69, 9.17) is 23.2 Å². The van der Waals surface area contributed by atoms with Gasteiger partial charge in [-0.1, -0.05) is 29.3 Å². The van der Waals surface area contributed by atoms with Gasteiger partial charge >= 0.3 is 0 Å². The molecule has 0 fully saturated rings. The van der Waals surface area contributed by atoms with Gasteiger partial charge in [0, 0.05) is 5.02 Å². The SMILES string of the molecule is Cc1nc(Cl)ccc1NC(C)c1ccc(F)cc1Cl. The minimum Gasteiger partial charge on any atom is -0.377 e. The third kappa shape index (κ3) is 3.37. The van der Waals surface area contributed by atoms with Gasteiger partial charge in [-0.15, -0.1) is 0 Å². The Kier molecular flexibility index (Phi) is 4.27. The standard InChI is InChI=1S/C14H13Cl2FN2/c1-8(11-4-3-10(17)7-12(11)15)18-13-5-6-14(16)19-9(13)2/h3-8,18H,1-2H3. The lowest BCUT2D eigenvalue weighted by Crippen LogP contribution is -2.09. The fourth-order valence-corrected chi connectivity index (χ4v) is 2.37. The van der Waals surface area contributed by atoms with Gasteiger partial charge in [0.25, 0.3) is 0 Å². The Morgan fingerprint density at radius 2 is 1.95 bits per heavy atom. The Labute approximate surface area is 121 Å². The third-order valence-corrected chi connectivity index (χ3v) is 3.39. The van der Waals surface area contributed by atoms with Gasteiger partial charge in [0.2, 0.25) is 0 Å².